The molecular formula is C23H34O6S. The Hall–Kier alpha value is -1.38. The third-order valence-corrected chi connectivity index (χ3v) is 6.20. The molecule has 1 heterocycles. The second-order valence-electron chi connectivity index (χ2n) is 7.51. The van der Waals surface area contributed by atoms with Crippen LogP contribution in [0.3, 0.4) is 0 Å². The molecular weight excluding hydrogens is 404 g/mol. The summed E-state index contributed by atoms with van der Waals surface area (Å²) in [5.41, 5.74) is 2.12. The second-order valence-corrected chi connectivity index (χ2v) is 8.73. The molecule has 1 fully saturated rings. The molecule has 4 atom stereocenters. The van der Waals surface area contributed by atoms with E-state index in [1.165, 1.54) is 7.11 Å². The third kappa shape index (κ3) is 8.78. The van der Waals surface area contributed by atoms with E-state index in [-0.39, 0.29) is 18.0 Å². The van der Waals surface area contributed by atoms with Crippen LogP contribution in [0.5, 0.6) is 0 Å². The summed E-state index contributed by atoms with van der Waals surface area (Å²) in [6.45, 7) is 0.871. The van der Waals surface area contributed by atoms with Gasteiger partial charge in [0.2, 0.25) is 0 Å². The zero-order valence-corrected chi connectivity index (χ0v) is 18.7. The van der Waals surface area contributed by atoms with E-state index in [2.05, 4.69) is 4.74 Å². The van der Waals surface area contributed by atoms with E-state index in [0.717, 1.165) is 35.5 Å². The standard InChI is InChI=1S/C23H34O6S/c1-27-15-18-6-3-5-17(13-18)14-19(24)8-9-20-21(25)16-29-22(20)10-12-30-11-4-7-23(26)28-2/h3,5-6,8-9,13,19-22,24-25H,4,7,10-12,14-16H2,1-2H3/b9-8+/t19-,20+,21+,22-/m1/s1. The Balaban J connectivity index is 1.76. The number of carbonyl (C=O) groups excluding carboxylic acids is 1. The largest absolute Gasteiger partial charge is 0.469 e. The van der Waals surface area contributed by atoms with Gasteiger partial charge in [-0.3, -0.25) is 4.79 Å². The maximum atomic E-state index is 11.1. The molecule has 2 N–H and O–H groups in total. The van der Waals surface area contributed by atoms with Crippen molar-refractivity contribution in [3.8, 4) is 0 Å². The molecule has 1 saturated heterocycles. The number of hydrogen-bond acceptors (Lipinski definition) is 7. The SMILES string of the molecule is COCc1cccc(C[C@H](O)/C=C/[C@H]2[C@@H](O)CO[C@@H]2CCSCCCC(=O)OC)c1. The van der Waals surface area contributed by atoms with Crippen LogP contribution in [-0.2, 0) is 32.0 Å². The van der Waals surface area contributed by atoms with E-state index < -0.39 is 12.2 Å². The summed E-state index contributed by atoms with van der Waals surface area (Å²) in [6, 6.07) is 7.99. The predicted octanol–water partition coefficient (Wildman–Crippen LogP) is 2.75. The molecule has 0 bridgehead atoms. The van der Waals surface area contributed by atoms with Crippen molar-refractivity contribution in [1.29, 1.82) is 0 Å². The van der Waals surface area contributed by atoms with Gasteiger partial charge >= 0.3 is 5.97 Å². The van der Waals surface area contributed by atoms with E-state index in [9.17, 15) is 15.0 Å². The molecule has 0 saturated carbocycles. The molecule has 0 unspecified atom stereocenters. The molecule has 0 aromatic heterocycles. The quantitative estimate of drug-likeness (QED) is 0.278. The van der Waals surface area contributed by atoms with Crippen LogP contribution in [-0.4, -0.2) is 66.8 Å². The number of esters is 1. The van der Waals surface area contributed by atoms with Crippen molar-refractivity contribution in [2.24, 2.45) is 5.92 Å². The number of rotatable bonds is 13. The summed E-state index contributed by atoms with van der Waals surface area (Å²) in [7, 11) is 3.07. The Kier molecular flexibility index (Phi) is 11.5. The molecule has 0 amide bonds. The van der Waals surface area contributed by atoms with Gasteiger partial charge in [0, 0.05) is 25.9 Å². The first-order valence-electron chi connectivity index (χ1n) is 10.4. The number of methoxy groups -OCH3 is 2. The van der Waals surface area contributed by atoms with Crippen LogP contribution in [0.4, 0.5) is 0 Å². The van der Waals surface area contributed by atoms with Gasteiger partial charge in [-0.15, -0.1) is 0 Å². The van der Waals surface area contributed by atoms with Crippen LogP contribution in [0.1, 0.15) is 30.4 Å². The lowest BCUT2D eigenvalue weighted by Gasteiger charge is -2.17. The first-order valence-corrected chi connectivity index (χ1v) is 11.6. The highest BCUT2D eigenvalue weighted by Gasteiger charge is 2.33. The molecule has 1 aliphatic rings. The van der Waals surface area contributed by atoms with Gasteiger partial charge in [0.1, 0.15) is 0 Å². The van der Waals surface area contributed by atoms with Gasteiger partial charge in [-0.2, -0.15) is 11.8 Å². The average Bonchev–Trinajstić information content (AvgIpc) is 3.08. The molecule has 0 radical (unpaired) electrons. The fraction of sp³-hybridized carbons (Fsp3) is 0.609. The zero-order chi connectivity index (χ0) is 21.8. The van der Waals surface area contributed by atoms with Crippen molar-refractivity contribution in [2.45, 2.75) is 50.6 Å². The monoisotopic (exact) mass is 438 g/mol. The van der Waals surface area contributed by atoms with E-state index >= 15 is 0 Å². The van der Waals surface area contributed by atoms with E-state index in [0.29, 0.717) is 26.1 Å². The molecule has 2 rings (SSSR count). The van der Waals surface area contributed by atoms with Gasteiger partial charge in [0.15, 0.2) is 0 Å². The van der Waals surface area contributed by atoms with Crippen molar-refractivity contribution >= 4 is 17.7 Å². The fourth-order valence-corrected chi connectivity index (χ4v) is 4.47. The topological polar surface area (TPSA) is 85.2 Å². The van der Waals surface area contributed by atoms with Gasteiger partial charge in [0.05, 0.1) is 38.6 Å². The van der Waals surface area contributed by atoms with Crippen LogP contribution in [0, 0.1) is 5.92 Å². The summed E-state index contributed by atoms with van der Waals surface area (Å²) in [5.74, 6) is 1.51. The minimum atomic E-state index is -0.621. The van der Waals surface area contributed by atoms with Crippen LogP contribution in [0.2, 0.25) is 0 Å². The smallest absolute Gasteiger partial charge is 0.305 e. The number of benzene rings is 1. The Morgan fingerprint density at radius 1 is 1.33 bits per heavy atom. The van der Waals surface area contributed by atoms with Crippen LogP contribution in [0.25, 0.3) is 0 Å². The van der Waals surface area contributed by atoms with Crippen molar-refractivity contribution in [3.63, 3.8) is 0 Å². The highest BCUT2D eigenvalue weighted by atomic mass is 32.2. The van der Waals surface area contributed by atoms with Crippen LogP contribution < -0.4 is 0 Å². The number of ether oxygens (including phenoxy) is 3. The molecule has 1 aromatic carbocycles. The molecule has 168 valence electrons. The van der Waals surface area contributed by atoms with Crippen molar-refractivity contribution < 1.29 is 29.2 Å². The van der Waals surface area contributed by atoms with Crippen molar-refractivity contribution in [1.82, 2.24) is 0 Å². The lowest BCUT2D eigenvalue weighted by molar-refractivity contribution is -0.140. The first-order chi connectivity index (χ1) is 14.5. The number of aliphatic hydroxyl groups excluding tert-OH is 2. The molecule has 0 spiro atoms. The zero-order valence-electron chi connectivity index (χ0n) is 17.9. The minimum absolute atomic E-state index is 0.0541. The Morgan fingerprint density at radius 3 is 2.90 bits per heavy atom. The van der Waals surface area contributed by atoms with Gasteiger partial charge in [-0.25, -0.2) is 0 Å². The second kappa shape index (κ2) is 13.8. The Labute approximate surface area is 183 Å². The number of thioether (sulfide) groups is 1. The summed E-state index contributed by atoms with van der Waals surface area (Å²) >= 11 is 1.77. The highest BCUT2D eigenvalue weighted by molar-refractivity contribution is 7.99. The highest BCUT2D eigenvalue weighted by Crippen LogP contribution is 2.27. The molecule has 30 heavy (non-hydrogen) atoms. The van der Waals surface area contributed by atoms with E-state index in [4.69, 9.17) is 9.47 Å². The number of carbonyl (C=O) groups is 1. The minimum Gasteiger partial charge on any atom is -0.469 e. The maximum Gasteiger partial charge on any atom is 0.305 e. The fourth-order valence-electron chi connectivity index (χ4n) is 3.52. The van der Waals surface area contributed by atoms with Crippen LogP contribution in [0.15, 0.2) is 36.4 Å². The predicted molar refractivity (Wildman–Crippen MR) is 118 cm³/mol. The van der Waals surface area contributed by atoms with Gasteiger partial charge in [-0.05, 0) is 35.5 Å². The lowest BCUT2D eigenvalue weighted by Crippen LogP contribution is -2.23. The molecule has 7 heteroatoms. The summed E-state index contributed by atoms with van der Waals surface area (Å²) in [5, 5.41) is 20.7. The van der Waals surface area contributed by atoms with Crippen LogP contribution >= 0.6 is 11.8 Å². The molecule has 0 aliphatic carbocycles. The Morgan fingerprint density at radius 2 is 2.13 bits per heavy atom. The molecule has 6 nitrogen and oxygen atoms in total. The summed E-state index contributed by atoms with van der Waals surface area (Å²) in [4.78, 5) is 11.1. The van der Waals surface area contributed by atoms with E-state index in [1.807, 2.05) is 30.3 Å². The van der Waals surface area contributed by atoms with Gasteiger partial charge < -0.3 is 24.4 Å². The average molecular weight is 439 g/mol. The van der Waals surface area contributed by atoms with Gasteiger partial charge in [-0.1, -0.05) is 36.4 Å². The first kappa shape index (κ1) is 24.9. The van der Waals surface area contributed by atoms with Crippen molar-refractivity contribution in [2.75, 3.05) is 32.3 Å². The van der Waals surface area contributed by atoms with Gasteiger partial charge in [0.25, 0.3) is 0 Å². The molecule has 1 aliphatic heterocycles. The maximum absolute atomic E-state index is 11.1. The lowest BCUT2D eigenvalue weighted by atomic mass is 9.95. The number of aliphatic hydroxyl groups is 2. The Bertz CT molecular complexity index is 665. The summed E-state index contributed by atoms with van der Waals surface area (Å²) < 4.78 is 15.5. The third-order valence-electron chi connectivity index (χ3n) is 5.10. The normalized spacial score (nSPS) is 22.5. The van der Waals surface area contributed by atoms with E-state index in [1.54, 1.807) is 24.9 Å². The number of hydrogen-bond donors (Lipinski definition) is 2. The molecule has 1 aromatic rings. The summed E-state index contributed by atoms with van der Waals surface area (Å²) in [6.07, 6.45) is 5.02. The van der Waals surface area contributed by atoms with Crippen molar-refractivity contribution in [3.05, 3.63) is 47.5 Å².